The van der Waals surface area contributed by atoms with Crippen molar-refractivity contribution in [1.29, 1.82) is 0 Å². The van der Waals surface area contributed by atoms with Crippen molar-refractivity contribution in [2.45, 2.75) is 6.42 Å². The monoisotopic (exact) mass is 227 g/mol. The SMILES string of the molecule is Cn1nc(N)nc1N1CC(CS)CC1=O. The third-order valence-corrected chi connectivity index (χ3v) is 2.98. The number of nitrogen functional groups attached to an aromatic ring is 1. The molecule has 82 valence electrons. The van der Waals surface area contributed by atoms with Gasteiger partial charge in [0.15, 0.2) is 0 Å². The second kappa shape index (κ2) is 3.73. The van der Waals surface area contributed by atoms with Crippen LogP contribution in [0.4, 0.5) is 11.9 Å². The highest BCUT2D eigenvalue weighted by molar-refractivity contribution is 7.80. The molecule has 1 aromatic rings. The lowest BCUT2D eigenvalue weighted by molar-refractivity contribution is -0.117. The molecule has 2 heterocycles. The van der Waals surface area contributed by atoms with Gasteiger partial charge in [-0.1, -0.05) is 0 Å². The molecule has 0 aliphatic carbocycles. The van der Waals surface area contributed by atoms with E-state index >= 15 is 0 Å². The maximum Gasteiger partial charge on any atom is 0.241 e. The number of hydrogen-bond acceptors (Lipinski definition) is 5. The van der Waals surface area contributed by atoms with Gasteiger partial charge in [-0.3, -0.25) is 9.69 Å². The molecular weight excluding hydrogens is 214 g/mol. The number of anilines is 2. The van der Waals surface area contributed by atoms with Gasteiger partial charge >= 0.3 is 0 Å². The Bertz CT molecular complexity index is 390. The molecule has 1 fully saturated rings. The Labute approximate surface area is 92.9 Å². The predicted octanol–water partition coefficient (Wildman–Crippen LogP) is -0.320. The van der Waals surface area contributed by atoms with Crippen LogP contribution in [0.25, 0.3) is 0 Å². The number of nitrogens with zero attached hydrogens (tertiary/aromatic N) is 4. The van der Waals surface area contributed by atoms with Crippen LogP contribution >= 0.6 is 12.6 Å². The zero-order valence-corrected chi connectivity index (χ0v) is 9.31. The minimum atomic E-state index is 0.0598. The zero-order chi connectivity index (χ0) is 11.0. The van der Waals surface area contributed by atoms with Crippen molar-refractivity contribution >= 4 is 30.4 Å². The molecule has 0 saturated carbocycles. The molecule has 1 atom stereocenters. The third-order valence-electron chi connectivity index (χ3n) is 2.46. The second-order valence-corrected chi connectivity index (χ2v) is 4.02. The van der Waals surface area contributed by atoms with Gasteiger partial charge < -0.3 is 5.73 Å². The summed E-state index contributed by atoms with van der Waals surface area (Å²) in [6.45, 7) is 0.647. The van der Waals surface area contributed by atoms with E-state index in [1.807, 2.05) is 0 Å². The number of aromatic nitrogens is 3. The molecule has 1 amide bonds. The van der Waals surface area contributed by atoms with Gasteiger partial charge in [-0.25, -0.2) is 4.68 Å². The van der Waals surface area contributed by atoms with E-state index in [0.717, 1.165) is 0 Å². The van der Waals surface area contributed by atoms with E-state index in [1.165, 1.54) is 4.68 Å². The van der Waals surface area contributed by atoms with E-state index in [2.05, 4.69) is 22.7 Å². The third kappa shape index (κ3) is 1.79. The highest BCUT2D eigenvalue weighted by Crippen LogP contribution is 2.24. The van der Waals surface area contributed by atoms with Crippen LogP contribution in [0.3, 0.4) is 0 Å². The Hall–Kier alpha value is -1.24. The molecule has 1 aliphatic rings. The van der Waals surface area contributed by atoms with Crippen molar-refractivity contribution in [1.82, 2.24) is 14.8 Å². The fraction of sp³-hybridized carbons (Fsp3) is 0.625. The van der Waals surface area contributed by atoms with Gasteiger partial charge in [-0.15, -0.1) is 5.10 Å². The van der Waals surface area contributed by atoms with E-state index in [9.17, 15) is 4.79 Å². The summed E-state index contributed by atoms with van der Waals surface area (Å²) in [6.07, 6.45) is 0.524. The van der Waals surface area contributed by atoms with E-state index in [4.69, 9.17) is 5.73 Å². The van der Waals surface area contributed by atoms with Crippen LogP contribution < -0.4 is 10.6 Å². The van der Waals surface area contributed by atoms with Crippen LogP contribution in [0.15, 0.2) is 0 Å². The first-order valence-corrected chi connectivity index (χ1v) is 5.32. The van der Waals surface area contributed by atoms with E-state index < -0.39 is 0 Å². The summed E-state index contributed by atoms with van der Waals surface area (Å²) in [5.74, 6) is 1.76. The summed E-state index contributed by atoms with van der Waals surface area (Å²) in [5, 5.41) is 3.91. The van der Waals surface area contributed by atoms with Gasteiger partial charge in [0.25, 0.3) is 0 Å². The van der Waals surface area contributed by atoms with Gasteiger partial charge in [-0.2, -0.15) is 17.6 Å². The summed E-state index contributed by atoms with van der Waals surface area (Å²) in [7, 11) is 1.72. The Morgan fingerprint density at radius 1 is 1.67 bits per heavy atom. The molecule has 1 unspecified atom stereocenters. The van der Waals surface area contributed by atoms with Gasteiger partial charge in [0, 0.05) is 20.0 Å². The zero-order valence-electron chi connectivity index (χ0n) is 8.42. The van der Waals surface area contributed by atoms with E-state index in [0.29, 0.717) is 30.6 Å². The minimum absolute atomic E-state index is 0.0598. The van der Waals surface area contributed by atoms with Crippen LogP contribution in [-0.4, -0.2) is 33.0 Å². The maximum atomic E-state index is 11.7. The molecule has 0 aromatic carbocycles. The number of thiol groups is 1. The van der Waals surface area contributed by atoms with Crippen molar-refractivity contribution < 1.29 is 4.79 Å². The summed E-state index contributed by atoms with van der Waals surface area (Å²) in [5.41, 5.74) is 5.46. The number of hydrogen-bond donors (Lipinski definition) is 2. The summed E-state index contributed by atoms with van der Waals surface area (Å²) in [4.78, 5) is 17.3. The smallest absolute Gasteiger partial charge is 0.241 e. The van der Waals surface area contributed by atoms with Crippen molar-refractivity contribution in [3.8, 4) is 0 Å². The highest BCUT2D eigenvalue weighted by atomic mass is 32.1. The van der Waals surface area contributed by atoms with E-state index in [1.54, 1.807) is 11.9 Å². The first-order chi connectivity index (χ1) is 7.11. The average molecular weight is 227 g/mol. The Morgan fingerprint density at radius 2 is 2.40 bits per heavy atom. The fourth-order valence-corrected chi connectivity index (χ4v) is 1.97. The summed E-state index contributed by atoms with van der Waals surface area (Å²) < 4.78 is 1.52. The normalized spacial score (nSPS) is 21.3. The number of carbonyl (C=O) groups is 1. The second-order valence-electron chi connectivity index (χ2n) is 3.65. The Kier molecular flexibility index (Phi) is 2.56. The lowest BCUT2D eigenvalue weighted by Gasteiger charge is -2.13. The first-order valence-electron chi connectivity index (χ1n) is 4.69. The maximum absolute atomic E-state index is 11.7. The lowest BCUT2D eigenvalue weighted by Crippen LogP contribution is -2.27. The van der Waals surface area contributed by atoms with Crippen LogP contribution in [0.5, 0.6) is 0 Å². The molecule has 6 nitrogen and oxygen atoms in total. The van der Waals surface area contributed by atoms with Gasteiger partial charge in [0.2, 0.25) is 17.8 Å². The van der Waals surface area contributed by atoms with Gasteiger partial charge in [0.05, 0.1) is 0 Å². The van der Waals surface area contributed by atoms with Crippen molar-refractivity contribution in [2.24, 2.45) is 13.0 Å². The molecule has 1 aromatic heterocycles. The topological polar surface area (TPSA) is 77.0 Å². The number of carbonyl (C=O) groups excluding carboxylic acids is 1. The minimum Gasteiger partial charge on any atom is -0.366 e. The fourth-order valence-electron chi connectivity index (χ4n) is 1.73. The molecule has 1 saturated heterocycles. The largest absolute Gasteiger partial charge is 0.366 e. The van der Waals surface area contributed by atoms with Crippen LogP contribution in [0.2, 0.25) is 0 Å². The summed E-state index contributed by atoms with van der Waals surface area (Å²) >= 11 is 4.19. The van der Waals surface area contributed by atoms with Gasteiger partial charge in [-0.05, 0) is 11.7 Å². The lowest BCUT2D eigenvalue weighted by atomic mass is 10.1. The molecule has 0 radical (unpaired) electrons. The van der Waals surface area contributed by atoms with Crippen molar-refractivity contribution in [3.05, 3.63) is 0 Å². The number of nitrogens with two attached hydrogens (primary N) is 1. The molecule has 0 spiro atoms. The Morgan fingerprint density at radius 3 is 2.87 bits per heavy atom. The molecule has 0 bridgehead atoms. The quantitative estimate of drug-likeness (QED) is 0.679. The molecule has 2 rings (SSSR count). The molecule has 1 aliphatic heterocycles. The van der Waals surface area contributed by atoms with Crippen molar-refractivity contribution in [3.63, 3.8) is 0 Å². The molecule has 7 heteroatoms. The number of aryl methyl sites for hydroxylation is 1. The van der Waals surface area contributed by atoms with Gasteiger partial charge in [0.1, 0.15) is 0 Å². The van der Waals surface area contributed by atoms with Crippen LogP contribution in [0.1, 0.15) is 6.42 Å². The predicted molar refractivity (Wildman–Crippen MR) is 59.7 cm³/mol. The standard InChI is InChI=1S/C8H13N5OS/c1-12-8(10-7(9)11-12)13-3-5(4-15)2-6(13)14/h5,15H,2-4H2,1H3,(H2,9,11). The van der Waals surface area contributed by atoms with Crippen molar-refractivity contribution in [2.75, 3.05) is 22.9 Å². The molecular formula is C8H13N5OS. The first kappa shape index (κ1) is 10.3. The molecule has 15 heavy (non-hydrogen) atoms. The Balaban J connectivity index is 2.25. The highest BCUT2D eigenvalue weighted by Gasteiger charge is 2.32. The van der Waals surface area contributed by atoms with Crippen LogP contribution in [0, 0.1) is 5.92 Å². The number of amides is 1. The number of rotatable bonds is 2. The summed E-state index contributed by atoms with van der Waals surface area (Å²) in [6, 6.07) is 0. The molecule has 2 N–H and O–H groups in total. The van der Waals surface area contributed by atoms with E-state index in [-0.39, 0.29) is 11.9 Å². The van der Waals surface area contributed by atoms with Crippen LogP contribution in [-0.2, 0) is 11.8 Å². The average Bonchev–Trinajstić information content (AvgIpc) is 2.69.